The Morgan fingerprint density at radius 3 is 2.11 bits per heavy atom. The summed E-state index contributed by atoms with van der Waals surface area (Å²) in [5.74, 6) is 0.0723. The highest BCUT2D eigenvalue weighted by Gasteiger charge is 2.31. The molecule has 0 heterocycles. The van der Waals surface area contributed by atoms with Crippen molar-refractivity contribution >= 4 is 0 Å². The fourth-order valence-electron chi connectivity index (χ4n) is 1.35. The maximum Gasteiger partial charge on any atom is 0.573 e. The fraction of sp³-hybridized carbons (Fsp3) is 0.500. The van der Waals surface area contributed by atoms with Crippen LogP contribution in [0.5, 0.6) is 11.5 Å². The average Bonchev–Trinajstić information content (AvgIpc) is 2.28. The van der Waals surface area contributed by atoms with Crippen LogP contribution >= 0.6 is 0 Å². The van der Waals surface area contributed by atoms with Crippen LogP contribution in [0.3, 0.4) is 0 Å². The van der Waals surface area contributed by atoms with Gasteiger partial charge in [0.05, 0.1) is 6.10 Å². The molecule has 6 heteroatoms. The van der Waals surface area contributed by atoms with Gasteiger partial charge >= 0.3 is 6.36 Å². The SMILES string of the molecule is CCC(O)C(C)Oc1ccc(OC(F)(F)F)cc1. The van der Waals surface area contributed by atoms with E-state index in [0.29, 0.717) is 12.2 Å². The molecule has 0 spiro atoms. The summed E-state index contributed by atoms with van der Waals surface area (Å²) in [5.41, 5.74) is 0. The summed E-state index contributed by atoms with van der Waals surface area (Å²) >= 11 is 0. The second-order valence-electron chi connectivity index (χ2n) is 3.82. The molecule has 0 saturated heterocycles. The van der Waals surface area contributed by atoms with Crippen molar-refractivity contribution in [1.82, 2.24) is 0 Å². The summed E-state index contributed by atoms with van der Waals surface area (Å²) in [6, 6.07) is 5.04. The molecule has 0 amide bonds. The molecule has 0 fully saturated rings. The molecule has 1 N–H and O–H groups in total. The zero-order valence-electron chi connectivity index (χ0n) is 10.1. The van der Waals surface area contributed by atoms with Crippen molar-refractivity contribution in [3.05, 3.63) is 24.3 Å². The Balaban J connectivity index is 2.60. The Morgan fingerprint density at radius 2 is 1.67 bits per heavy atom. The van der Waals surface area contributed by atoms with E-state index in [1.165, 1.54) is 12.1 Å². The van der Waals surface area contributed by atoms with E-state index in [1.54, 1.807) is 6.92 Å². The topological polar surface area (TPSA) is 38.7 Å². The van der Waals surface area contributed by atoms with E-state index in [0.717, 1.165) is 12.1 Å². The van der Waals surface area contributed by atoms with Gasteiger partial charge in [-0.1, -0.05) is 6.92 Å². The summed E-state index contributed by atoms with van der Waals surface area (Å²) in [6.45, 7) is 3.50. The van der Waals surface area contributed by atoms with Crippen molar-refractivity contribution in [3.63, 3.8) is 0 Å². The highest BCUT2D eigenvalue weighted by molar-refractivity contribution is 5.31. The predicted molar refractivity (Wildman–Crippen MR) is 59.5 cm³/mol. The number of benzene rings is 1. The van der Waals surface area contributed by atoms with Crippen LogP contribution < -0.4 is 9.47 Å². The molecule has 0 radical (unpaired) electrons. The second-order valence-corrected chi connectivity index (χ2v) is 3.82. The van der Waals surface area contributed by atoms with Crippen LogP contribution in [0.15, 0.2) is 24.3 Å². The van der Waals surface area contributed by atoms with E-state index in [-0.39, 0.29) is 5.75 Å². The second kappa shape index (κ2) is 5.95. The van der Waals surface area contributed by atoms with Crippen LogP contribution in [0.4, 0.5) is 13.2 Å². The lowest BCUT2D eigenvalue weighted by atomic mass is 10.2. The summed E-state index contributed by atoms with van der Waals surface area (Å²) in [4.78, 5) is 0. The third-order valence-electron chi connectivity index (χ3n) is 2.34. The number of alkyl halides is 3. The Kier molecular flexibility index (Phi) is 4.84. The molecule has 0 bridgehead atoms. The van der Waals surface area contributed by atoms with Crippen molar-refractivity contribution in [2.45, 2.75) is 38.8 Å². The lowest BCUT2D eigenvalue weighted by molar-refractivity contribution is -0.274. The molecule has 2 unspecified atom stereocenters. The number of aliphatic hydroxyl groups excluding tert-OH is 1. The molecule has 1 aromatic carbocycles. The van der Waals surface area contributed by atoms with E-state index >= 15 is 0 Å². The van der Waals surface area contributed by atoms with Crippen molar-refractivity contribution < 1.29 is 27.8 Å². The molecule has 1 rings (SSSR count). The third-order valence-corrected chi connectivity index (χ3v) is 2.34. The van der Waals surface area contributed by atoms with Crippen molar-refractivity contribution in [3.8, 4) is 11.5 Å². The molecule has 3 nitrogen and oxygen atoms in total. The predicted octanol–water partition coefficient (Wildman–Crippen LogP) is 3.12. The Hall–Kier alpha value is -1.43. The molecule has 0 aliphatic rings. The lowest BCUT2D eigenvalue weighted by Crippen LogP contribution is -2.27. The van der Waals surface area contributed by atoms with Gasteiger partial charge in [-0.2, -0.15) is 0 Å². The van der Waals surface area contributed by atoms with Crippen LogP contribution in [0, 0.1) is 0 Å². The van der Waals surface area contributed by atoms with Gasteiger partial charge in [-0.3, -0.25) is 0 Å². The number of halogens is 3. The van der Waals surface area contributed by atoms with Gasteiger partial charge in [0.2, 0.25) is 0 Å². The molecule has 0 aliphatic heterocycles. The first-order valence-corrected chi connectivity index (χ1v) is 5.52. The molecular weight excluding hydrogens is 249 g/mol. The standard InChI is InChI=1S/C12H15F3O3/c1-3-11(16)8(2)17-9-4-6-10(7-5-9)18-12(13,14)15/h4-8,11,16H,3H2,1-2H3. The van der Waals surface area contributed by atoms with Gasteiger partial charge < -0.3 is 14.6 Å². The molecule has 0 saturated carbocycles. The summed E-state index contributed by atoms with van der Waals surface area (Å²) in [5, 5.41) is 9.50. The van der Waals surface area contributed by atoms with Crippen LogP contribution in [-0.2, 0) is 0 Å². The number of rotatable bonds is 5. The van der Waals surface area contributed by atoms with Crippen LogP contribution in [-0.4, -0.2) is 23.7 Å². The zero-order valence-corrected chi connectivity index (χ0v) is 10.1. The van der Waals surface area contributed by atoms with Crippen molar-refractivity contribution in [1.29, 1.82) is 0 Å². The summed E-state index contributed by atoms with van der Waals surface area (Å²) in [6.07, 6.45) is -5.20. The lowest BCUT2D eigenvalue weighted by Gasteiger charge is -2.19. The smallest absolute Gasteiger partial charge is 0.488 e. The maximum absolute atomic E-state index is 11.9. The van der Waals surface area contributed by atoms with Gasteiger partial charge in [-0.15, -0.1) is 13.2 Å². The minimum atomic E-state index is -4.70. The summed E-state index contributed by atoms with van der Waals surface area (Å²) in [7, 11) is 0. The fourth-order valence-corrected chi connectivity index (χ4v) is 1.35. The average molecular weight is 264 g/mol. The van der Waals surface area contributed by atoms with Crippen LogP contribution in [0.1, 0.15) is 20.3 Å². The number of aliphatic hydroxyl groups is 1. The highest BCUT2D eigenvalue weighted by Crippen LogP contribution is 2.25. The van der Waals surface area contributed by atoms with Gasteiger partial charge in [0, 0.05) is 0 Å². The van der Waals surface area contributed by atoms with Gasteiger partial charge in [-0.05, 0) is 37.6 Å². The van der Waals surface area contributed by atoms with E-state index in [2.05, 4.69) is 4.74 Å². The molecule has 18 heavy (non-hydrogen) atoms. The molecule has 0 aromatic heterocycles. The minimum absolute atomic E-state index is 0.307. The van der Waals surface area contributed by atoms with Crippen molar-refractivity contribution in [2.75, 3.05) is 0 Å². The molecule has 102 valence electrons. The van der Waals surface area contributed by atoms with Crippen LogP contribution in [0.2, 0.25) is 0 Å². The first-order valence-electron chi connectivity index (χ1n) is 5.52. The van der Waals surface area contributed by atoms with Gasteiger partial charge in [-0.25, -0.2) is 0 Å². The van der Waals surface area contributed by atoms with E-state index < -0.39 is 18.6 Å². The third kappa shape index (κ3) is 4.83. The van der Waals surface area contributed by atoms with E-state index in [9.17, 15) is 18.3 Å². The first-order chi connectivity index (χ1) is 8.31. The summed E-state index contributed by atoms with van der Waals surface area (Å²) < 4.78 is 44.8. The quantitative estimate of drug-likeness (QED) is 0.888. The highest BCUT2D eigenvalue weighted by atomic mass is 19.4. The van der Waals surface area contributed by atoms with Gasteiger partial charge in [0.15, 0.2) is 0 Å². The monoisotopic (exact) mass is 264 g/mol. The van der Waals surface area contributed by atoms with Gasteiger partial charge in [0.25, 0.3) is 0 Å². The molecule has 1 aromatic rings. The number of hydrogen-bond acceptors (Lipinski definition) is 3. The van der Waals surface area contributed by atoms with Gasteiger partial charge in [0.1, 0.15) is 17.6 Å². The molecular formula is C12H15F3O3. The maximum atomic E-state index is 11.9. The van der Waals surface area contributed by atoms with E-state index in [4.69, 9.17) is 4.74 Å². The van der Waals surface area contributed by atoms with Crippen molar-refractivity contribution in [2.24, 2.45) is 0 Å². The minimum Gasteiger partial charge on any atom is -0.488 e. The Bertz CT molecular complexity index is 362. The number of ether oxygens (including phenoxy) is 2. The largest absolute Gasteiger partial charge is 0.573 e. The number of hydrogen-bond donors (Lipinski definition) is 1. The zero-order chi connectivity index (χ0) is 13.8. The molecule has 2 atom stereocenters. The molecule has 0 aliphatic carbocycles. The Labute approximate surface area is 103 Å². The first kappa shape index (κ1) is 14.6. The van der Waals surface area contributed by atoms with E-state index in [1.807, 2.05) is 6.92 Å². The Morgan fingerprint density at radius 1 is 1.17 bits per heavy atom. The van der Waals surface area contributed by atoms with Crippen LogP contribution in [0.25, 0.3) is 0 Å². The normalized spacial score (nSPS) is 15.0.